The van der Waals surface area contributed by atoms with Gasteiger partial charge in [-0.05, 0) is 78.5 Å². The molecule has 0 atom stereocenters. The molecular weight excluding hydrogens is 574 g/mol. The molecule has 40 heavy (non-hydrogen) atoms. The second-order valence-electron chi connectivity index (χ2n) is 11.0. The van der Waals surface area contributed by atoms with Crippen LogP contribution in [0.5, 0.6) is 0 Å². The molecule has 1 aromatic heterocycles. The fourth-order valence-electron chi connectivity index (χ4n) is 4.83. The summed E-state index contributed by atoms with van der Waals surface area (Å²) in [6, 6.07) is 13.9. The van der Waals surface area contributed by atoms with E-state index in [0.717, 1.165) is 25.2 Å². The van der Waals surface area contributed by atoms with Crippen LogP contribution in [-0.4, -0.2) is 70.1 Å². The van der Waals surface area contributed by atoms with Crippen molar-refractivity contribution in [2.24, 2.45) is 0 Å². The largest absolute Gasteiger partial charge is 0.444 e. The lowest BCUT2D eigenvalue weighted by Gasteiger charge is -2.46. The predicted molar refractivity (Wildman–Crippen MR) is 158 cm³/mol. The molecule has 2 aromatic carbocycles. The Morgan fingerprint density at radius 3 is 2.60 bits per heavy atom. The van der Waals surface area contributed by atoms with E-state index in [2.05, 4.69) is 58.9 Å². The summed E-state index contributed by atoms with van der Waals surface area (Å²) in [6.45, 7) is 8.83. The zero-order valence-corrected chi connectivity index (χ0v) is 24.7. The van der Waals surface area contributed by atoms with Crippen molar-refractivity contribution in [3.05, 3.63) is 69.8 Å². The smallest absolute Gasteiger partial charge is 0.410 e. The molecule has 0 bridgehead atoms. The predicted octanol–water partition coefficient (Wildman–Crippen LogP) is 5.06. The number of hydrogen-bond donors (Lipinski definition) is 3. The van der Waals surface area contributed by atoms with Gasteiger partial charge < -0.3 is 25.6 Å². The van der Waals surface area contributed by atoms with Crippen molar-refractivity contribution in [1.29, 1.82) is 0 Å². The number of nitrogens with one attached hydrogen (secondary N) is 3. The van der Waals surface area contributed by atoms with E-state index in [1.54, 1.807) is 24.2 Å². The Morgan fingerprint density at radius 1 is 1.07 bits per heavy atom. The average molecular weight is 609 g/mol. The van der Waals surface area contributed by atoms with Crippen molar-refractivity contribution in [2.75, 3.05) is 37.3 Å². The minimum Gasteiger partial charge on any atom is -0.444 e. The van der Waals surface area contributed by atoms with Crippen molar-refractivity contribution in [3.8, 4) is 0 Å². The van der Waals surface area contributed by atoms with Crippen LogP contribution in [0.1, 0.15) is 42.3 Å². The van der Waals surface area contributed by atoms with Gasteiger partial charge in [0, 0.05) is 51.2 Å². The number of carbonyl (C=O) groups excluding carboxylic acids is 2. The van der Waals surface area contributed by atoms with Crippen LogP contribution >= 0.6 is 15.9 Å². The Morgan fingerprint density at radius 2 is 1.85 bits per heavy atom. The van der Waals surface area contributed by atoms with Gasteiger partial charge in [-0.2, -0.15) is 4.98 Å². The number of nitrogens with zero attached hydrogens (tertiary/aromatic N) is 4. The van der Waals surface area contributed by atoms with Crippen molar-refractivity contribution in [3.63, 3.8) is 0 Å². The van der Waals surface area contributed by atoms with Crippen LogP contribution < -0.4 is 16.0 Å². The molecule has 210 valence electrons. The minimum atomic E-state index is -0.485. The van der Waals surface area contributed by atoms with Gasteiger partial charge in [0.25, 0.3) is 5.91 Å². The molecule has 10 nitrogen and oxygen atoms in total. The minimum absolute atomic E-state index is 0.186. The monoisotopic (exact) mass is 607 g/mol. The summed E-state index contributed by atoms with van der Waals surface area (Å²) in [7, 11) is 1.60. The molecule has 0 saturated carbocycles. The molecule has 3 aromatic rings. The normalized spacial score (nSPS) is 15.6. The van der Waals surface area contributed by atoms with Gasteiger partial charge in [0.2, 0.25) is 5.95 Å². The maximum absolute atomic E-state index is 12.3. The molecule has 0 aliphatic carbocycles. The van der Waals surface area contributed by atoms with E-state index in [4.69, 9.17) is 4.74 Å². The van der Waals surface area contributed by atoms with Crippen molar-refractivity contribution in [2.45, 2.75) is 45.4 Å². The lowest BCUT2D eigenvalue weighted by molar-refractivity contribution is -0.0180. The lowest BCUT2D eigenvalue weighted by atomic mass is 9.96. The third-order valence-electron chi connectivity index (χ3n) is 6.93. The number of carbonyl (C=O) groups is 2. The molecule has 11 heteroatoms. The van der Waals surface area contributed by atoms with Gasteiger partial charge in [-0.3, -0.25) is 9.69 Å². The molecule has 0 unspecified atom stereocenters. The first-order chi connectivity index (χ1) is 19.1. The third kappa shape index (κ3) is 6.37. The first kappa shape index (κ1) is 27.9. The number of anilines is 4. The molecule has 1 fully saturated rings. The van der Waals surface area contributed by atoms with E-state index in [0.29, 0.717) is 46.6 Å². The quantitative estimate of drug-likeness (QED) is 0.356. The number of para-hydroxylation sites is 1. The Balaban J connectivity index is 1.25. The molecule has 2 aliphatic heterocycles. The SMILES string of the molecule is CNC(=O)c1ccccc1Nc1nc(Nc2ccc3c(c2)CN(C2CN(C(=O)OC(C)(C)C)C2)CC3)ncc1Br. The number of ether oxygens (including phenoxy) is 1. The number of hydrogen-bond acceptors (Lipinski definition) is 8. The topological polar surface area (TPSA) is 112 Å². The molecule has 0 radical (unpaired) electrons. The number of likely N-dealkylation sites (tertiary alicyclic amines) is 1. The first-order valence-corrected chi connectivity index (χ1v) is 14.1. The molecule has 0 spiro atoms. The van der Waals surface area contributed by atoms with Gasteiger partial charge in [-0.1, -0.05) is 18.2 Å². The second-order valence-corrected chi connectivity index (χ2v) is 11.9. The van der Waals surface area contributed by atoms with Gasteiger partial charge in [0.05, 0.1) is 15.7 Å². The van der Waals surface area contributed by atoms with E-state index in [-0.39, 0.29) is 12.0 Å². The van der Waals surface area contributed by atoms with Crippen LogP contribution in [0, 0.1) is 0 Å². The third-order valence-corrected chi connectivity index (χ3v) is 7.51. The number of rotatable bonds is 6. The maximum Gasteiger partial charge on any atom is 0.410 e. The van der Waals surface area contributed by atoms with E-state index in [1.807, 2.05) is 45.0 Å². The van der Waals surface area contributed by atoms with E-state index < -0.39 is 5.60 Å². The van der Waals surface area contributed by atoms with Gasteiger partial charge in [-0.15, -0.1) is 0 Å². The number of benzene rings is 2. The second kappa shape index (κ2) is 11.4. The Bertz CT molecular complexity index is 1420. The molecule has 2 aliphatic rings. The summed E-state index contributed by atoms with van der Waals surface area (Å²) < 4.78 is 6.17. The highest BCUT2D eigenvalue weighted by Gasteiger charge is 2.38. The molecule has 3 heterocycles. The number of halogens is 1. The average Bonchev–Trinajstić information content (AvgIpc) is 2.88. The fourth-order valence-corrected chi connectivity index (χ4v) is 5.12. The molecule has 1 saturated heterocycles. The van der Waals surface area contributed by atoms with Crippen LogP contribution in [0.25, 0.3) is 0 Å². The van der Waals surface area contributed by atoms with Gasteiger partial charge in [-0.25, -0.2) is 9.78 Å². The van der Waals surface area contributed by atoms with Gasteiger partial charge in [0.15, 0.2) is 0 Å². The summed E-state index contributed by atoms with van der Waals surface area (Å²) in [5.74, 6) is 0.787. The molecule has 2 amide bonds. The maximum atomic E-state index is 12.3. The van der Waals surface area contributed by atoms with Gasteiger partial charge in [0.1, 0.15) is 11.4 Å². The highest BCUT2D eigenvalue weighted by Crippen LogP contribution is 2.30. The highest BCUT2D eigenvalue weighted by atomic mass is 79.9. The number of aromatic nitrogens is 2. The number of amides is 2. The van der Waals surface area contributed by atoms with Gasteiger partial charge >= 0.3 is 6.09 Å². The van der Waals surface area contributed by atoms with E-state index in [1.165, 1.54) is 11.1 Å². The Kier molecular flexibility index (Phi) is 7.95. The van der Waals surface area contributed by atoms with Crippen molar-refractivity contribution >= 4 is 51.1 Å². The Hall–Kier alpha value is -3.70. The molecule has 5 rings (SSSR count). The van der Waals surface area contributed by atoms with E-state index >= 15 is 0 Å². The van der Waals surface area contributed by atoms with Crippen LogP contribution in [0.4, 0.5) is 27.9 Å². The van der Waals surface area contributed by atoms with Crippen LogP contribution in [0.15, 0.2) is 53.1 Å². The van der Waals surface area contributed by atoms with Crippen LogP contribution in [-0.2, 0) is 17.7 Å². The van der Waals surface area contributed by atoms with Crippen molar-refractivity contribution in [1.82, 2.24) is 25.1 Å². The summed E-state index contributed by atoms with van der Waals surface area (Å²) in [6.07, 6.45) is 2.40. The summed E-state index contributed by atoms with van der Waals surface area (Å²) >= 11 is 3.51. The summed E-state index contributed by atoms with van der Waals surface area (Å²) in [5.41, 5.74) is 4.15. The summed E-state index contributed by atoms with van der Waals surface area (Å²) in [4.78, 5) is 37.9. The zero-order valence-electron chi connectivity index (χ0n) is 23.1. The molecule has 3 N–H and O–H groups in total. The van der Waals surface area contributed by atoms with Crippen LogP contribution in [0.3, 0.4) is 0 Å². The zero-order chi connectivity index (χ0) is 28.4. The Labute approximate surface area is 242 Å². The highest BCUT2D eigenvalue weighted by molar-refractivity contribution is 9.10. The molecular formula is C29H34BrN7O3. The van der Waals surface area contributed by atoms with E-state index in [9.17, 15) is 9.59 Å². The lowest BCUT2D eigenvalue weighted by Crippen LogP contribution is -2.62. The summed E-state index contributed by atoms with van der Waals surface area (Å²) in [5, 5.41) is 9.23. The standard InChI is InChI=1S/C29H34BrN7O3/c1-29(2,3)40-28(39)37-16-21(17-37)36-12-11-18-9-10-20(13-19(18)15-36)33-27-32-14-23(30)25(35-27)34-24-8-6-5-7-22(24)26(38)31-4/h5-10,13-14,21H,11-12,15-17H2,1-4H3,(H,31,38)(H2,32,33,34,35). The van der Waals surface area contributed by atoms with Crippen LogP contribution in [0.2, 0.25) is 0 Å². The fraction of sp³-hybridized carbons (Fsp3) is 0.379. The van der Waals surface area contributed by atoms with Crippen molar-refractivity contribution < 1.29 is 14.3 Å². The first-order valence-electron chi connectivity index (χ1n) is 13.3. The number of fused-ring (bicyclic) bond motifs is 1.